The molecule has 0 unspecified atom stereocenters. The number of rotatable bonds is 5. The Hall–Kier alpha value is -2.56. The molecule has 1 aromatic carbocycles. The lowest BCUT2D eigenvalue weighted by molar-refractivity contribution is -0.121. The van der Waals surface area contributed by atoms with Gasteiger partial charge in [-0.2, -0.15) is 0 Å². The number of aromatic carboxylic acids is 1. The zero-order valence-corrected chi connectivity index (χ0v) is 11.2. The van der Waals surface area contributed by atoms with Crippen LogP contribution in [0.25, 0.3) is 0 Å². The normalized spacial score (nSPS) is 10.2. The van der Waals surface area contributed by atoms with Crippen molar-refractivity contribution in [2.75, 3.05) is 0 Å². The number of benzene rings is 1. The first-order chi connectivity index (χ1) is 9.58. The second-order valence-corrected chi connectivity index (χ2v) is 4.51. The second kappa shape index (κ2) is 6.06. The molecule has 0 radical (unpaired) electrons. The van der Waals surface area contributed by atoms with Gasteiger partial charge in [-0.15, -0.1) is 0 Å². The van der Waals surface area contributed by atoms with Crippen molar-refractivity contribution in [2.24, 2.45) is 0 Å². The topological polar surface area (TPSA) is 71.3 Å². The number of nitrogens with zero attached hydrogens (tertiary/aromatic N) is 1. The fourth-order valence-electron chi connectivity index (χ4n) is 1.96. The van der Waals surface area contributed by atoms with Crippen LogP contribution in [0, 0.1) is 6.92 Å². The lowest BCUT2D eigenvalue weighted by Gasteiger charge is -2.10. The molecule has 0 saturated heterocycles. The molecule has 2 aromatic rings. The van der Waals surface area contributed by atoms with Gasteiger partial charge in [-0.1, -0.05) is 30.3 Å². The van der Waals surface area contributed by atoms with Gasteiger partial charge in [0.15, 0.2) is 0 Å². The molecule has 1 amide bonds. The van der Waals surface area contributed by atoms with E-state index < -0.39 is 5.97 Å². The van der Waals surface area contributed by atoms with Crippen LogP contribution < -0.4 is 5.32 Å². The molecule has 0 atom stereocenters. The summed E-state index contributed by atoms with van der Waals surface area (Å²) in [5.74, 6) is -1.25. The molecule has 0 saturated carbocycles. The van der Waals surface area contributed by atoms with Gasteiger partial charge in [0.25, 0.3) is 0 Å². The largest absolute Gasteiger partial charge is 0.477 e. The minimum atomic E-state index is -1.03. The van der Waals surface area contributed by atoms with E-state index in [1.54, 1.807) is 13.0 Å². The quantitative estimate of drug-likeness (QED) is 0.872. The molecule has 5 nitrogen and oxygen atoms in total. The Morgan fingerprint density at radius 2 is 1.85 bits per heavy atom. The summed E-state index contributed by atoms with van der Waals surface area (Å²) < 4.78 is 1.49. The summed E-state index contributed by atoms with van der Waals surface area (Å²) in [6.45, 7) is 2.21. The number of amides is 1. The number of aromatic nitrogens is 1. The van der Waals surface area contributed by atoms with Gasteiger partial charge in [-0.3, -0.25) is 4.79 Å². The van der Waals surface area contributed by atoms with Crippen LogP contribution in [0.5, 0.6) is 0 Å². The number of carboxylic acids is 1. The van der Waals surface area contributed by atoms with Crippen LogP contribution in [0.4, 0.5) is 0 Å². The third-order valence-electron chi connectivity index (χ3n) is 3.05. The van der Waals surface area contributed by atoms with E-state index >= 15 is 0 Å². The average molecular weight is 272 g/mol. The predicted molar refractivity (Wildman–Crippen MR) is 74.4 cm³/mol. The molecule has 5 heteroatoms. The lowest BCUT2D eigenvalue weighted by atomic mass is 10.2. The van der Waals surface area contributed by atoms with Gasteiger partial charge < -0.3 is 15.0 Å². The highest BCUT2D eigenvalue weighted by atomic mass is 16.4. The van der Waals surface area contributed by atoms with Crippen molar-refractivity contribution >= 4 is 11.9 Å². The molecule has 0 aliphatic rings. The van der Waals surface area contributed by atoms with Gasteiger partial charge in [-0.05, 0) is 24.6 Å². The van der Waals surface area contributed by atoms with E-state index in [0.717, 1.165) is 11.3 Å². The molecule has 0 fully saturated rings. The highest BCUT2D eigenvalue weighted by Gasteiger charge is 2.14. The summed E-state index contributed by atoms with van der Waals surface area (Å²) in [5, 5.41) is 11.8. The van der Waals surface area contributed by atoms with Crippen molar-refractivity contribution < 1.29 is 14.7 Å². The molecule has 0 aliphatic heterocycles. The Morgan fingerprint density at radius 1 is 1.15 bits per heavy atom. The first kappa shape index (κ1) is 13.9. The van der Waals surface area contributed by atoms with E-state index in [4.69, 9.17) is 5.11 Å². The van der Waals surface area contributed by atoms with Gasteiger partial charge in [0, 0.05) is 12.2 Å². The average Bonchev–Trinajstić information content (AvgIpc) is 2.79. The van der Waals surface area contributed by atoms with Crippen LogP contribution in [-0.4, -0.2) is 21.6 Å². The van der Waals surface area contributed by atoms with Gasteiger partial charge in [0.1, 0.15) is 12.2 Å². The van der Waals surface area contributed by atoms with Crippen LogP contribution in [0.1, 0.15) is 21.7 Å². The fraction of sp³-hybridized carbons (Fsp3) is 0.200. The van der Waals surface area contributed by atoms with Gasteiger partial charge >= 0.3 is 5.97 Å². The minimum absolute atomic E-state index is 0.00724. The van der Waals surface area contributed by atoms with Crippen LogP contribution >= 0.6 is 0 Å². The molecule has 0 bridgehead atoms. The highest BCUT2D eigenvalue weighted by Crippen LogP contribution is 2.08. The maximum absolute atomic E-state index is 11.9. The van der Waals surface area contributed by atoms with E-state index in [9.17, 15) is 9.59 Å². The van der Waals surface area contributed by atoms with Gasteiger partial charge in [0.2, 0.25) is 5.91 Å². The van der Waals surface area contributed by atoms with Crippen molar-refractivity contribution in [1.82, 2.24) is 9.88 Å². The van der Waals surface area contributed by atoms with Gasteiger partial charge in [-0.25, -0.2) is 4.79 Å². The predicted octanol–water partition coefficient (Wildman–Crippen LogP) is 1.81. The Labute approximate surface area is 116 Å². The summed E-state index contributed by atoms with van der Waals surface area (Å²) >= 11 is 0. The SMILES string of the molecule is Cc1ccc(C(=O)O)n1CC(=O)NCc1ccccc1. The van der Waals surface area contributed by atoms with E-state index in [0.29, 0.717) is 6.54 Å². The Morgan fingerprint density at radius 3 is 2.50 bits per heavy atom. The Bertz CT molecular complexity index is 617. The van der Waals surface area contributed by atoms with Crippen LogP contribution in [0.3, 0.4) is 0 Å². The Kier molecular flexibility index (Phi) is 4.20. The third-order valence-corrected chi connectivity index (χ3v) is 3.05. The number of aryl methyl sites for hydroxylation is 1. The number of nitrogens with one attached hydrogen (secondary N) is 1. The number of carboxylic acid groups (broad SMARTS) is 1. The van der Waals surface area contributed by atoms with Crippen LogP contribution in [0.15, 0.2) is 42.5 Å². The summed E-state index contributed by atoms with van der Waals surface area (Å²) in [6.07, 6.45) is 0. The molecular formula is C15H16N2O3. The Balaban J connectivity index is 1.98. The number of carbonyl (C=O) groups excluding carboxylic acids is 1. The lowest BCUT2D eigenvalue weighted by Crippen LogP contribution is -2.28. The fourth-order valence-corrected chi connectivity index (χ4v) is 1.96. The molecule has 20 heavy (non-hydrogen) atoms. The standard InChI is InChI=1S/C15H16N2O3/c1-11-7-8-13(15(19)20)17(11)10-14(18)16-9-12-5-3-2-4-6-12/h2-8H,9-10H2,1H3,(H,16,18)(H,19,20). The monoisotopic (exact) mass is 272 g/mol. The molecule has 2 rings (SSSR count). The van der Waals surface area contributed by atoms with E-state index in [1.807, 2.05) is 30.3 Å². The van der Waals surface area contributed by atoms with Gasteiger partial charge in [0.05, 0.1) is 0 Å². The number of hydrogen-bond acceptors (Lipinski definition) is 2. The van der Waals surface area contributed by atoms with Crippen molar-refractivity contribution in [2.45, 2.75) is 20.0 Å². The van der Waals surface area contributed by atoms with E-state index in [1.165, 1.54) is 10.6 Å². The summed E-state index contributed by atoms with van der Waals surface area (Å²) in [5.41, 5.74) is 1.87. The van der Waals surface area contributed by atoms with Crippen LogP contribution in [-0.2, 0) is 17.9 Å². The molecule has 1 aromatic heterocycles. The van der Waals surface area contributed by atoms with Crippen LogP contribution in [0.2, 0.25) is 0 Å². The highest BCUT2D eigenvalue weighted by molar-refractivity contribution is 5.87. The van der Waals surface area contributed by atoms with E-state index in [2.05, 4.69) is 5.32 Å². The van der Waals surface area contributed by atoms with Crippen molar-refractivity contribution in [3.8, 4) is 0 Å². The molecule has 2 N–H and O–H groups in total. The smallest absolute Gasteiger partial charge is 0.352 e. The zero-order valence-electron chi connectivity index (χ0n) is 11.2. The second-order valence-electron chi connectivity index (χ2n) is 4.51. The summed E-state index contributed by atoms with van der Waals surface area (Å²) in [7, 11) is 0. The molecule has 0 aliphatic carbocycles. The molecular weight excluding hydrogens is 256 g/mol. The van der Waals surface area contributed by atoms with Crippen molar-refractivity contribution in [3.63, 3.8) is 0 Å². The molecule has 1 heterocycles. The number of carbonyl (C=O) groups is 2. The molecule has 0 spiro atoms. The first-order valence-corrected chi connectivity index (χ1v) is 6.28. The first-order valence-electron chi connectivity index (χ1n) is 6.28. The zero-order chi connectivity index (χ0) is 14.5. The maximum atomic E-state index is 11.9. The summed E-state index contributed by atoms with van der Waals surface area (Å²) in [4.78, 5) is 22.9. The minimum Gasteiger partial charge on any atom is -0.477 e. The number of hydrogen-bond donors (Lipinski definition) is 2. The van der Waals surface area contributed by atoms with Crippen molar-refractivity contribution in [3.05, 3.63) is 59.4 Å². The summed E-state index contributed by atoms with van der Waals surface area (Å²) in [6, 6.07) is 12.7. The maximum Gasteiger partial charge on any atom is 0.352 e. The van der Waals surface area contributed by atoms with Crippen molar-refractivity contribution in [1.29, 1.82) is 0 Å². The molecule has 104 valence electrons. The third kappa shape index (κ3) is 3.26. The van der Waals surface area contributed by atoms with E-state index in [-0.39, 0.29) is 18.1 Å².